The second-order valence-electron chi connectivity index (χ2n) is 4.01. The first-order valence-electron chi connectivity index (χ1n) is 5.68. The Morgan fingerprint density at radius 2 is 1.60 bits per heavy atom. The molecule has 20 heavy (non-hydrogen) atoms. The molecule has 1 heterocycles. The molecular weight excluding hydrogens is 274 g/mol. The summed E-state index contributed by atoms with van der Waals surface area (Å²) in [5, 5.41) is 5.26. The first-order chi connectivity index (χ1) is 9.38. The van der Waals surface area contributed by atoms with Crippen LogP contribution in [0.5, 0.6) is 0 Å². The quantitative estimate of drug-likeness (QED) is 0.836. The standard InChI is InChI=1S/C13H11F4N3/c1-18-11-6-8(13(15,16)17)7-12(20-11)19-10-4-2-9(14)3-5-10/h2-7H,1H3,(H2,18,19,20). The minimum absolute atomic E-state index is 0.0239. The van der Waals surface area contributed by atoms with E-state index in [2.05, 4.69) is 15.6 Å². The lowest BCUT2D eigenvalue weighted by Crippen LogP contribution is -2.08. The lowest BCUT2D eigenvalue weighted by Gasteiger charge is -2.12. The van der Waals surface area contributed by atoms with Gasteiger partial charge in [-0.05, 0) is 36.4 Å². The maximum absolute atomic E-state index is 12.8. The molecule has 0 atom stereocenters. The first kappa shape index (κ1) is 14.1. The second kappa shape index (κ2) is 5.36. The van der Waals surface area contributed by atoms with Gasteiger partial charge in [0.2, 0.25) is 0 Å². The number of hydrogen-bond donors (Lipinski definition) is 2. The highest BCUT2D eigenvalue weighted by atomic mass is 19.4. The summed E-state index contributed by atoms with van der Waals surface area (Å²) in [5.41, 5.74) is -0.373. The average molecular weight is 285 g/mol. The summed E-state index contributed by atoms with van der Waals surface area (Å²) < 4.78 is 51.0. The van der Waals surface area contributed by atoms with Crippen molar-refractivity contribution >= 4 is 17.3 Å². The van der Waals surface area contributed by atoms with Gasteiger partial charge in [0, 0.05) is 12.7 Å². The molecule has 7 heteroatoms. The Bertz CT molecular complexity index is 594. The van der Waals surface area contributed by atoms with Crippen LogP contribution in [0.3, 0.4) is 0 Å². The number of anilines is 3. The van der Waals surface area contributed by atoms with E-state index >= 15 is 0 Å². The molecule has 0 unspecified atom stereocenters. The molecule has 0 aliphatic carbocycles. The van der Waals surface area contributed by atoms with Crippen LogP contribution in [0.2, 0.25) is 0 Å². The lowest BCUT2D eigenvalue weighted by atomic mass is 10.2. The normalized spacial score (nSPS) is 11.2. The molecule has 1 aromatic heterocycles. The van der Waals surface area contributed by atoms with Crippen LogP contribution in [0.4, 0.5) is 34.9 Å². The molecule has 0 fully saturated rings. The molecule has 0 aliphatic heterocycles. The van der Waals surface area contributed by atoms with Crippen molar-refractivity contribution in [3.63, 3.8) is 0 Å². The predicted octanol–water partition coefficient (Wildman–Crippen LogP) is 4.02. The van der Waals surface area contributed by atoms with Gasteiger partial charge in [-0.15, -0.1) is 0 Å². The molecule has 1 aromatic carbocycles. The lowest BCUT2D eigenvalue weighted by molar-refractivity contribution is -0.137. The summed E-state index contributed by atoms with van der Waals surface area (Å²) in [6, 6.07) is 7.04. The van der Waals surface area contributed by atoms with Gasteiger partial charge in [0.25, 0.3) is 0 Å². The van der Waals surface area contributed by atoms with Gasteiger partial charge in [0.05, 0.1) is 5.56 Å². The Labute approximate surface area is 112 Å². The molecule has 0 bridgehead atoms. The van der Waals surface area contributed by atoms with Crippen LogP contribution in [0.25, 0.3) is 0 Å². The second-order valence-corrected chi connectivity index (χ2v) is 4.01. The van der Waals surface area contributed by atoms with Gasteiger partial charge in [-0.25, -0.2) is 9.37 Å². The number of alkyl halides is 3. The van der Waals surface area contributed by atoms with E-state index in [0.717, 1.165) is 12.1 Å². The number of nitrogens with zero attached hydrogens (tertiary/aromatic N) is 1. The maximum Gasteiger partial charge on any atom is 0.416 e. The molecule has 2 aromatic rings. The van der Waals surface area contributed by atoms with Crippen LogP contribution in [0, 0.1) is 5.82 Å². The van der Waals surface area contributed by atoms with Crippen molar-refractivity contribution in [3.8, 4) is 0 Å². The molecule has 106 valence electrons. The van der Waals surface area contributed by atoms with Gasteiger partial charge in [0.15, 0.2) is 0 Å². The third-order valence-electron chi connectivity index (χ3n) is 2.53. The van der Waals surface area contributed by atoms with Crippen molar-refractivity contribution in [1.29, 1.82) is 0 Å². The number of rotatable bonds is 3. The molecule has 0 saturated carbocycles. The number of benzene rings is 1. The van der Waals surface area contributed by atoms with E-state index in [4.69, 9.17) is 0 Å². The van der Waals surface area contributed by atoms with Crippen molar-refractivity contribution in [1.82, 2.24) is 4.98 Å². The zero-order valence-corrected chi connectivity index (χ0v) is 10.4. The van der Waals surface area contributed by atoms with Gasteiger partial charge < -0.3 is 10.6 Å². The van der Waals surface area contributed by atoms with Crippen molar-refractivity contribution in [2.24, 2.45) is 0 Å². The summed E-state index contributed by atoms with van der Waals surface area (Å²) in [4.78, 5) is 3.97. The van der Waals surface area contributed by atoms with E-state index in [-0.39, 0.29) is 11.6 Å². The molecule has 0 radical (unpaired) electrons. The Balaban J connectivity index is 2.33. The minimum Gasteiger partial charge on any atom is -0.373 e. The van der Waals surface area contributed by atoms with Crippen LogP contribution < -0.4 is 10.6 Å². The largest absolute Gasteiger partial charge is 0.416 e. The molecule has 0 aliphatic rings. The summed E-state index contributed by atoms with van der Waals surface area (Å²) in [6.07, 6.45) is -4.46. The molecule has 2 rings (SSSR count). The van der Waals surface area contributed by atoms with Crippen LogP contribution in [0.15, 0.2) is 36.4 Å². The molecular formula is C13H11F4N3. The Morgan fingerprint density at radius 3 is 2.15 bits per heavy atom. The highest BCUT2D eigenvalue weighted by molar-refractivity contribution is 5.59. The van der Waals surface area contributed by atoms with E-state index in [1.165, 1.54) is 31.3 Å². The molecule has 2 N–H and O–H groups in total. The monoisotopic (exact) mass is 285 g/mol. The summed E-state index contributed by atoms with van der Waals surface area (Å²) in [5.74, 6) is -0.316. The van der Waals surface area contributed by atoms with Crippen LogP contribution in [0.1, 0.15) is 5.56 Å². The van der Waals surface area contributed by atoms with Crippen molar-refractivity contribution in [2.45, 2.75) is 6.18 Å². The number of halogens is 4. The van der Waals surface area contributed by atoms with Gasteiger partial charge >= 0.3 is 6.18 Å². The Morgan fingerprint density at radius 1 is 1.00 bits per heavy atom. The minimum atomic E-state index is -4.46. The fourth-order valence-corrected chi connectivity index (χ4v) is 1.57. The number of aromatic nitrogens is 1. The van der Waals surface area contributed by atoms with Crippen LogP contribution in [-0.4, -0.2) is 12.0 Å². The summed E-state index contributed by atoms with van der Waals surface area (Å²) in [6.45, 7) is 0. The summed E-state index contributed by atoms with van der Waals surface area (Å²) >= 11 is 0. The zero-order chi connectivity index (χ0) is 14.8. The zero-order valence-electron chi connectivity index (χ0n) is 10.4. The van der Waals surface area contributed by atoms with Crippen LogP contribution >= 0.6 is 0 Å². The fourth-order valence-electron chi connectivity index (χ4n) is 1.57. The molecule has 3 nitrogen and oxygen atoms in total. The predicted molar refractivity (Wildman–Crippen MR) is 68.5 cm³/mol. The topological polar surface area (TPSA) is 37.0 Å². The molecule has 0 spiro atoms. The van der Waals surface area contributed by atoms with Crippen molar-refractivity contribution in [2.75, 3.05) is 17.7 Å². The van der Waals surface area contributed by atoms with E-state index in [0.29, 0.717) is 5.69 Å². The fraction of sp³-hybridized carbons (Fsp3) is 0.154. The number of hydrogen-bond acceptors (Lipinski definition) is 3. The van der Waals surface area contributed by atoms with E-state index in [1.54, 1.807) is 0 Å². The average Bonchev–Trinajstić information content (AvgIpc) is 2.40. The van der Waals surface area contributed by atoms with Gasteiger partial charge in [-0.2, -0.15) is 13.2 Å². The van der Waals surface area contributed by atoms with Crippen molar-refractivity contribution in [3.05, 3.63) is 47.8 Å². The summed E-state index contributed by atoms with van der Waals surface area (Å²) in [7, 11) is 1.48. The first-order valence-corrected chi connectivity index (χ1v) is 5.68. The highest BCUT2D eigenvalue weighted by Crippen LogP contribution is 2.32. The van der Waals surface area contributed by atoms with Gasteiger partial charge in [0.1, 0.15) is 17.5 Å². The third-order valence-corrected chi connectivity index (χ3v) is 2.53. The SMILES string of the molecule is CNc1cc(C(F)(F)F)cc(Nc2ccc(F)cc2)n1. The van der Waals surface area contributed by atoms with Gasteiger partial charge in [-0.3, -0.25) is 0 Å². The van der Waals surface area contributed by atoms with Gasteiger partial charge in [-0.1, -0.05) is 0 Å². The van der Waals surface area contributed by atoms with Crippen molar-refractivity contribution < 1.29 is 17.6 Å². The molecule has 0 amide bonds. The Kier molecular flexibility index (Phi) is 3.78. The van der Waals surface area contributed by atoms with Crippen LogP contribution in [-0.2, 0) is 6.18 Å². The van der Waals surface area contributed by atoms with E-state index in [9.17, 15) is 17.6 Å². The Hall–Kier alpha value is -2.31. The molecule has 0 saturated heterocycles. The number of pyridine rings is 1. The number of nitrogens with one attached hydrogen (secondary N) is 2. The smallest absolute Gasteiger partial charge is 0.373 e. The maximum atomic E-state index is 12.8. The highest BCUT2D eigenvalue weighted by Gasteiger charge is 2.31. The third kappa shape index (κ3) is 3.37. The van der Waals surface area contributed by atoms with E-state index in [1.807, 2.05) is 0 Å². The van der Waals surface area contributed by atoms with E-state index < -0.39 is 17.6 Å².